The maximum atomic E-state index is 12.8. The molecule has 182 valence electrons. The number of H-pyrrole nitrogens is 1. The molecule has 0 saturated heterocycles. The van der Waals surface area contributed by atoms with E-state index in [1.54, 1.807) is 30.3 Å². The van der Waals surface area contributed by atoms with E-state index in [0.29, 0.717) is 22.7 Å². The largest absolute Gasteiger partial charge is 0.497 e. The van der Waals surface area contributed by atoms with E-state index in [1.807, 2.05) is 19.9 Å². The van der Waals surface area contributed by atoms with Crippen LogP contribution in [0.3, 0.4) is 0 Å². The number of nitrogens with one attached hydrogen (secondary N) is 1. The van der Waals surface area contributed by atoms with E-state index in [9.17, 15) is 19.5 Å². The second kappa shape index (κ2) is 9.13. The van der Waals surface area contributed by atoms with E-state index < -0.39 is 23.2 Å². The van der Waals surface area contributed by atoms with Crippen LogP contribution >= 0.6 is 0 Å². The molecule has 0 unspecified atom stereocenters. The zero-order valence-electron chi connectivity index (χ0n) is 20.1. The Hall–Kier alpha value is -4.34. The molecule has 2 N–H and O–H groups in total. The summed E-state index contributed by atoms with van der Waals surface area (Å²) in [5.41, 5.74) is 1.23. The first kappa shape index (κ1) is 23.8. The van der Waals surface area contributed by atoms with Gasteiger partial charge in [-0.2, -0.15) is 5.10 Å². The van der Waals surface area contributed by atoms with Crippen LogP contribution in [0.25, 0.3) is 5.69 Å². The van der Waals surface area contributed by atoms with Crippen LogP contribution in [-0.4, -0.2) is 45.5 Å². The molecule has 0 spiro atoms. The van der Waals surface area contributed by atoms with Gasteiger partial charge in [-0.25, -0.2) is 14.4 Å². The Labute approximate surface area is 201 Å². The third kappa shape index (κ3) is 4.30. The van der Waals surface area contributed by atoms with Gasteiger partial charge in [0.05, 0.1) is 31.7 Å². The van der Waals surface area contributed by atoms with Crippen molar-refractivity contribution in [2.75, 3.05) is 14.2 Å². The normalized spacial score (nSPS) is 15.2. The minimum atomic E-state index is -0.794. The first-order valence-corrected chi connectivity index (χ1v) is 10.9. The topological polar surface area (TPSA) is 126 Å². The van der Waals surface area contributed by atoms with Crippen LogP contribution < -0.4 is 20.7 Å². The average Bonchev–Trinajstić information content (AvgIpc) is 3.22. The highest BCUT2D eigenvalue weighted by atomic mass is 16.5. The van der Waals surface area contributed by atoms with Crippen LogP contribution in [0.15, 0.2) is 51.1 Å². The van der Waals surface area contributed by atoms with Crippen LogP contribution in [0, 0.1) is 13.8 Å². The van der Waals surface area contributed by atoms with Gasteiger partial charge in [-0.05, 0) is 49.2 Å². The average molecular weight is 479 g/mol. The van der Waals surface area contributed by atoms with Crippen molar-refractivity contribution in [3.63, 3.8) is 0 Å². The molecule has 1 aromatic heterocycles. The van der Waals surface area contributed by atoms with Gasteiger partial charge in [0.15, 0.2) is 0 Å². The molecular weight excluding hydrogens is 452 g/mol. The molecule has 0 radical (unpaired) electrons. The zero-order chi connectivity index (χ0) is 25.4. The Balaban J connectivity index is 1.85. The molecule has 1 atom stereocenters. The number of aryl methyl sites for hydroxylation is 2. The molecule has 10 heteroatoms. The molecule has 0 bridgehead atoms. The molecule has 2 heterocycles. The van der Waals surface area contributed by atoms with Gasteiger partial charge in [0.25, 0.3) is 5.56 Å². The number of aromatic nitrogens is 2. The molecule has 1 aliphatic heterocycles. The van der Waals surface area contributed by atoms with Gasteiger partial charge in [0, 0.05) is 25.0 Å². The molecule has 2 aromatic carbocycles. The molecule has 3 aromatic rings. The van der Waals surface area contributed by atoms with Gasteiger partial charge in [0.1, 0.15) is 17.1 Å². The highest BCUT2D eigenvalue weighted by molar-refractivity contribution is 6.04. The van der Waals surface area contributed by atoms with Crippen molar-refractivity contribution in [3.8, 4) is 23.1 Å². The van der Waals surface area contributed by atoms with Crippen molar-refractivity contribution in [1.82, 2.24) is 14.6 Å². The standard InChI is InChI=1S/C25H26N4O6/c1-13-8-14(2)10-16(9-13)28-24(32)22(23(31)26-25(28)33)19-12-20(29(27-19)15(3)30)18-7-6-17(34-4)11-21(18)35-5/h6-11,20,32H,12H2,1-5H3,(H,26,31,33)/t20-/m1/s1. The molecule has 35 heavy (non-hydrogen) atoms. The third-order valence-corrected chi connectivity index (χ3v) is 5.87. The molecule has 10 nitrogen and oxygen atoms in total. The summed E-state index contributed by atoms with van der Waals surface area (Å²) < 4.78 is 11.8. The lowest BCUT2D eigenvalue weighted by atomic mass is 9.98. The summed E-state index contributed by atoms with van der Waals surface area (Å²) in [6.07, 6.45) is 0.115. The number of rotatable bonds is 5. The summed E-state index contributed by atoms with van der Waals surface area (Å²) in [7, 11) is 3.04. The number of carbonyl (C=O) groups excluding carboxylic acids is 1. The number of methoxy groups -OCH3 is 2. The predicted molar refractivity (Wildman–Crippen MR) is 130 cm³/mol. The quantitative estimate of drug-likeness (QED) is 0.580. The van der Waals surface area contributed by atoms with Crippen molar-refractivity contribution < 1.29 is 19.4 Å². The minimum Gasteiger partial charge on any atom is -0.497 e. The van der Waals surface area contributed by atoms with Gasteiger partial charge >= 0.3 is 5.69 Å². The number of benzene rings is 2. The molecule has 1 amide bonds. The fourth-order valence-electron chi connectivity index (χ4n) is 4.39. The monoisotopic (exact) mass is 478 g/mol. The molecule has 0 fully saturated rings. The smallest absolute Gasteiger partial charge is 0.335 e. The number of hydrogen-bond acceptors (Lipinski definition) is 7. The van der Waals surface area contributed by atoms with Crippen molar-refractivity contribution in [1.29, 1.82) is 0 Å². The van der Waals surface area contributed by atoms with Crippen LogP contribution in [0.2, 0.25) is 0 Å². The third-order valence-electron chi connectivity index (χ3n) is 5.87. The van der Waals surface area contributed by atoms with E-state index in [1.165, 1.54) is 26.2 Å². The maximum absolute atomic E-state index is 12.8. The Morgan fingerprint density at radius 1 is 1.09 bits per heavy atom. The van der Waals surface area contributed by atoms with Crippen molar-refractivity contribution in [3.05, 3.63) is 79.5 Å². The molecule has 4 rings (SSSR count). The Morgan fingerprint density at radius 3 is 2.37 bits per heavy atom. The highest BCUT2D eigenvalue weighted by Crippen LogP contribution is 2.39. The van der Waals surface area contributed by atoms with Gasteiger partial charge < -0.3 is 14.6 Å². The molecular formula is C25H26N4O6. The SMILES string of the molecule is COc1ccc([C@H]2CC(c3c(O)n(-c4cc(C)cc(C)c4)c(=O)[nH]c3=O)=NN2C(C)=O)c(OC)c1. The summed E-state index contributed by atoms with van der Waals surface area (Å²) in [4.78, 5) is 40.2. The Kier molecular flexibility index (Phi) is 6.21. The van der Waals surface area contributed by atoms with Crippen LogP contribution in [0.4, 0.5) is 0 Å². The van der Waals surface area contributed by atoms with Crippen molar-refractivity contribution in [2.24, 2.45) is 5.10 Å². The fourth-order valence-corrected chi connectivity index (χ4v) is 4.39. The van der Waals surface area contributed by atoms with E-state index in [4.69, 9.17) is 9.47 Å². The van der Waals surface area contributed by atoms with Gasteiger partial charge in [-0.15, -0.1) is 0 Å². The Bertz CT molecular complexity index is 1450. The molecule has 0 saturated carbocycles. The fraction of sp³-hybridized carbons (Fsp3) is 0.280. The van der Waals surface area contributed by atoms with E-state index in [0.717, 1.165) is 15.7 Å². The minimum absolute atomic E-state index is 0.115. The lowest BCUT2D eigenvalue weighted by molar-refractivity contribution is -0.130. The highest BCUT2D eigenvalue weighted by Gasteiger charge is 2.36. The predicted octanol–water partition coefficient (Wildman–Crippen LogP) is 2.56. The maximum Gasteiger partial charge on any atom is 0.335 e. The number of nitrogens with zero attached hydrogens (tertiary/aromatic N) is 3. The summed E-state index contributed by atoms with van der Waals surface area (Å²) in [6.45, 7) is 5.09. The number of amides is 1. The van der Waals surface area contributed by atoms with E-state index in [2.05, 4.69) is 10.1 Å². The van der Waals surface area contributed by atoms with Crippen LogP contribution in [-0.2, 0) is 4.79 Å². The summed E-state index contributed by atoms with van der Waals surface area (Å²) in [5.74, 6) is 0.152. The second-order valence-electron chi connectivity index (χ2n) is 8.38. The van der Waals surface area contributed by atoms with Crippen LogP contribution in [0.5, 0.6) is 17.4 Å². The first-order chi connectivity index (χ1) is 16.6. The summed E-state index contributed by atoms with van der Waals surface area (Å²) in [5, 5.41) is 16.7. The number of aromatic hydroxyl groups is 1. The lowest BCUT2D eigenvalue weighted by Gasteiger charge is -2.22. The number of aromatic amines is 1. The molecule has 1 aliphatic rings. The van der Waals surface area contributed by atoms with Gasteiger partial charge in [0.2, 0.25) is 11.8 Å². The van der Waals surface area contributed by atoms with E-state index >= 15 is 0 Å². The Morgan fingerprint density at radius 2 is 1.77 bits per heavy atom. The summed E-state index contributed by atoms with van der Waals surface area (Å²) in [6, 6.07) is 9.96. The molecule has 0 aliphatic carbocycles. The number of ether oxygens (including phenoxy) is 2. The van der Waals surface area contributed by atoms with Crippen molar-refractivity contribution >= 4 is 11.6 Å². The van der Waals surface area contributed by atoms with Gasteiger partial charge in [-0.3, -0.25) is 14.6 Å². The zero-order valence-corrected chi connectivity index (χ0v) is 20.1. The first-order valence-electron chi connectivity index (χ1n) is 10.9. The lowest BCUT2D eigenvalue weighted by Crippen LogP contribution is -2.33. The number of carbonyl (C=O) groups is 1. The second-order valence-corrected chi connectivity index (χ2v) is 8.38. The summed E-state index contributed by atoms with van der Waals surface area (Å²) >= 11 is 0. The van der Waals surface area contributed by atoms with E-state index in [-0.39, 0.29) is 23.6 Å². The number of hydrazone groups is 1. The van der Waals surface area contributed by atoms with Gasteiger partial charge in [-0.1, -0.05) is 6.07 Å². The number of hydrogen-bond donors (Lipinski definition) is 2. The van der Waals surface area contributed by atoms with Crippen LogP contribution in [0.1, 0.15) is 41.6 Å². The van der Waals surface area contributed by atoms with Crippen molar-refractivity contribution in [2.45, 2.75) is 33.2 Å².